The molecule has 1 aliphatic heterocycles. The molecule has 0 aromatic heterocycles. The van der Waals surface area contributed by atoms with Gasteiger partial charge in [0.15, 0.2) is 5.08 Å². The van der Waals surface area contributed by atoms with Gasteiger partial charge in [-0.25, -0.2) is 0 Å². The van der Waals surface area contributed by atoms with Crippen LogP contribution in [0.2, 0.25) is 0 Å². The Morgan fingerprint density at radius 1 is 1.88 bits per heavy atom. The zero-order valence-corrected chi connectivity index (χ0v) is 6.14. The summed E-state index contributed by atoms with van der Waals surface area (Å²) >= 11 is 3.26. The highest BCUT2D eigenvalue weighted by Crippen LogP contribution is 2.01. The molecule has 0 aromatic rings. The maximum absolute atomic E-state index is 4.02. The Morgan fingerprint density at radius 3 is 3.00 bits per heavy atom. The summed E-state index contributed by atoms with van der Waals surface area (Å²) in [6.45, 7) is 2.00. The van der Waals surface area contributed by atoms with Gasteiger partial charge in [-0.15, -0.1) is 0 Å². The predicted octanol–water partition coefficient (Wildman–Crippen LogP) is 1.24. The molecule has 1 N–H and O–H groups in total. The van der Waals surface area contributed by atoms with Gasteiger partial charge in [0, 0.05) is 12.4 Å². The van der Waals surface area contributed by atoms with Crippen LogP contribution >= 0.6 is 15.9 Å². The third-order valence-corrected chi connectivity index (χ3v) is 1.36. The van der Waals surface area contributed by atoms with Crippen molar-refractivity contribution in [2.75, 3.05) is 0 Å². The maximum Gasteiger partial charge on any atom is 0.174 e. The number of hydrogen-bond acceptors (Lipinski definition) is 2. The highest BCUT2D eigenvalue weighted by atomic mass is 79.9. The van der Waals surface area contributed by atoms with Gasteiger partial charge >= 0.3 is 0 Å². The fraction of sp³-hybridized carbons (Fsp3) is 0.400. The molecule has 0 saturated heterocycles. The van der Waals surface area contributed by atoms with Gasteiger partial charge in [-0.1, -0.05) is 0 Å². The molecule has 0 fully saturated rings. The lowest BCUT2D eigenvalue weighted by molar-refractivity contribution is 0.823. The molecular formula is C5H7BrN2. The third-order valence-electron chi connectivity index (χ3n) is 0.858. The second-order valence-corrected chi connectivity index (χ2v) is 2.54. The van der Waals surface area contributed by atoms with Crippen molar-refractivity contribution < 1.29 is 0 Å². The van der Waals surface area contributed by atoms with E-state index < -0.39 is 0 Å². The van der Waals surface area contributed by atoms with E-state index in [9.17, 15) is 0 Å². The molecule has 8 heavy (non-hydrogen) atoms. The van der Waals surface area contributed by atoms with Crippen LogP contribution in [0.5, 0.6) is 0 Å². The number of alkyl halides is 1. The molecule has 1 rings (SSSR count). The van der Waals surface area contributed by atoms with Crippen molar-refractivity contribution in [1.82, 2.24) is 5.32 Å². The molecule has 1 heterocycles. The van der Waals surface area contributed by atoms with Gasteiger partial charge < -0.3 is 5.32 Å². The first-order valence-corrected chi connectivity index (χ1v) is 3.30. The molecule has 0 aliphatic carbocycles. The van der Waals surface area contributed by atoms with Gasteiger partial charge in [-0.3, -0.25) is 4.99 Å². The first-order chi connectivity index (χ1) is 3.79. The van der Waals surface area contributed by atoms with E-state index in [1.807, 2.05) is 19.3 Å². The van der Waals surface area contributed by atoms with Crippen LogP contribution in [0.3, 0.4) is 0 Å². The standard InChI is InChI=1S/C5H7BrN2/c1-4-2-7-5(6)8-3-4/h2-3,5,7H,1H3. The van der Waals surface area contributed by atoms with Gasteiger partial charge in [0.05, 0.1) is 0 Å². The third kappa shape index (κ3) is 1.33. The number of nitrogens with one attached hydrogen (secondary N) is 1. The lowest BCUT2D eigenvalue weighted by Crippen LogP contribution is -2.18. The molecule has 0 bridgehead atoms. The Balaban J connectivity index is 2.58. The van der Waals surface area contributed by atoms with Gasteiger partial charge in [0.25, 0.3) is 0 Å². The van der Waals surface area contributed by atoms with E-state index in [-0.39, 0.29) is 5.08 Å². The number of aliphatic imine (C=N–C) groups is 1. The molecule has 1 aliphatic rings. The van der Waals surface area contributed by atoms with E-state index in [0.717, 1.165) is 5.57 Å². The second-order valence-electron chi connectivity index (χ2n) is 1.67. The summed E-state index contributed by atoms with van der Waals surface area (Å²) in [5, 5.41) is 3.06. The molecule has 0 amide bonds. The summed E-state index contributed by atoms with van der Waals surface area (Å²) in [6, 6.07) is 0. The molecule has 1 atom stereocenters. The van der Waals surface area contributed by atoms with Crippen molar-refractivity contribution in [3.63, 3.8) is 0 Å². The normalized spacial score (nSPS) is 26.8. The highest BCUT2D eigenvalue weighted by molar-refractivity contribution is 9.09. The van der Waals surface area contributed by atoms with Crippen molar-refractivity contribution in [1.29, 1.82) is 0 Å². The molecule has 44 valence electrons. The summed E-state index contributed by atoms with van der Waals surface area (Å²) in [7, 11) is 0. The van der Waals surface area contributed by atoms with E-state index in [0.29, 0.717) is 0 Å². The maximum atomic E-state index is 4.02. The van der Waals surface area contributed by atoms with Crippen molar-refractivity contribution in [3.8, 4) is 0 Å². The van der Waals surface area contributed by atoms with E-state index in [1.165, 1.54) is 0 Å². The number of rotatable bonds is 0. The van der Waals surface area contributed by atoms with Crippen LogP contribution in [0.4, 0.5) is 0 Å². The van der Waals surface area contributed by atoms with Crippen molar-refractivity contribution in [2.45, 2.75) is 12.0 Å². The fourth-order valence-electron chi connectivity index (χ4n) is 0.464. The lowest BCUT2D eigenvalue weighted by atomic mass is 10.3. The van der Waals surface area contributed by atoms with Crippen LogP contribution in [0.15, 0.2) is 16.8 Å². The largest absolute Gasteiger partial charge is 0.361 e. The quantitative estimate of drug-likeness (QED) is 0.434. The fourth-order valence-corrected chi connectivity index (χ4v) is 0.714. The Hall–Kier alpha value is -0.310. The lowest BCUT2D eigenvalue weighted by Gasteiger charge is -2.08. The molecular weight excluding hydrogens is 168 g/mol. The van der Waals surface area contributed by atoms with Crippen molar-refractivity contribution >= 4 is 22.1 Å². The second kappa shape index (κ2) is 2.31. The van der Waals surface area contributed by atoms with Gasteiger partial charge in [-0.05, 0) is 28.4 Å². The van der Waals surface area contributed by atoms with Crippen molar-refractivity contribution in [3.05, 3.63) is 11.8 Å². The first kappa shape index (κ1) is 5.82. The Labute approximate surface area is 56.8 Å². The summed E-state index contributed by atoms with van der Waals surface area (Å²) in [4.78, 5) is 4.02. The molecule has 2 nitrogen and oxygen atoms in total. The summed E-state index contributed by atoms with van der Waals surface area (Å²) in [5.74, 6) is 0. The highest BCUT2D eigenvalue weighted by Gasteiger charge is 1.98. The molecule has 3 heteroatoms. The smallest absolute Gasteiger partial charge is 0.174 e. The minimum absolute atomic E-state index is 0.0752. The molecule has 1 unspecified atom stereocenters. The number of hydrogen-bond donors (Lipinski definition) is 1. The molecule has 0 saturated carbocycles. The summed E-state index contributed by atoms with van der Waals surface area (Å²) in [5.41, 5.74) is 1.15. The zero-order chi connectivity index (χ0) is 5.98. The monoisotopic (exact) mass is 174 g/mol. The molecule has 0 spiro atoms. The van der Waals surface area contributed by atoms with Crippen LogP contribution in [0.1, 0.15) is 6.92 Å². The SMILES string of the molecule is CC1=CNC(Br)N=C1. The van der Waals surface area contributed by atoms with Crippen LogP contribution in [0, 0.1) is 0 Å². The predicted molar refractivity (Wildman–Crippen MR) is 38.1 cm³/mol. The Bertz CT molecular complexity index is 139. The van der Waals surface area contributed by atoms with Gasteiger partial charge in [0.1, 0.15) is 0 Å². The minimum Gasteiger partial charge on any atom is -0.361 e. The summed E-state index contributed by atoms with van der Waals surface area (Å²) in [6.07, 6.45) is 3.75. The Kier molecular flexibility index (Phi) is 1.68. The van der Waals surface area contributed by atoms with Gasteiger partial charge in [-0.2, -0.15) is 0 Å². The first-order valence-electron chi connectivity index (χ1n) is 2.39. The van der Waals surface area contributed by atoms with Crippen LogP contribution < -0.4 is 5.32 Å². The van der Waals surface area contributed by atoms with E-state index >= 15 is 0 Å². The topological polar surface area (TPSA) is 24.4 Å². The minimum atomic E-state index is 0.0752. The van der Waals surface area contributed by atoms with Crippen LogP contribution in [-0.2, 0) is 0 Å². The van der Waals surface area contributed by atoms with E-state index in [2.05, 4.69) is 26.2 Å². The number of halogens is 1. The average Bonchev–Trinajstić information content (AvgIpc) is 1.77. The number of nitrogens with zero attached hydrogens (tertiary/aromatic N) is 1. The Morgan fingerprint density at radius 2 is 2.62 bits per heavy atom. The van der Waals surface area contributed by atoms with Gasteiger partial charge in [0.2, 0.25) is 0 Å². The van der Waals surface area contributed by atoms with E-state index in [1.54, 1.807) is 0 Å². The van der Waals surface area contributed by atoms with Crippen LogP contribution in [0.25, 0.3) is 0 Å². The number of allylic oxidation sites excluding steroid dienone is 1. The van der Waals surface area contributed by atoms with Crippen molar-refractivity contribution in [2.24, 2.45) is 4.99 Å². The summed E-state index contributed by atoms with van der Waals surface area (Å²) < 4.78 is 0. The molecule has 0 radical (unpaired) electrons. The zero-order valence-electron chi connectivity index (χ0n) is 4.56. The van der Waals surface area contributed by atoms with E-state index in [4.69, 9.17) is 0 Å². The van der Waals surface area contributed by atoms with Crippen LogP contribution in [-0.4, -0.2) is 11.3 Å². The average molecular weight is 175 g/mol. The molecule has 0 aromatic carbocycles.